The van der Waals surface area contributed by atoms with Crippen molar-refractivity contribution in [1.82, 2.24) is 5.43 Å². The third-order valence-corrected chi connectivity index (χ3v) is 2.61. The Kier molecular flexibility index (Phi) is 6.43. The van der Waals surface area contributed by atoms with E-state index >= 15 is 0 Å². The third-order valence-electron chi connectivity index (χ3n) is 2.61. The van der Waals surface area contributed by atoms with Crippen molar-refractivity contribution >= 4 is 12.1 Å². The number of nitrogens with zero attached hydrogens (tertiary/aromatic N) is 1. The van der Waals surface area contributed by atoms with Gasteiger partial charge >= 0.3 is 0 Å². The highest BCUT2D eigenvalue weighted by Gasteiger charge is 2.01. The summed E-state index contributed by atoms with van der Waals surface area (Å²) in [5.74, 6) is 0.358. The lowest BCUT2D eigenvalue weighted by molar-refractivity contribution is -0.121. The van der Waals surface area contributed by atoms with Gasteiger partial charge in [0.1, 0.15) is 0 Å². The number of nitrogens with one attached hydrogen (secondary N) is 1. The number of carbonyl (C=O) groups excluding carboxylic acids is 1. The molecule has 0 bridgehead atoms. The average Bonchev–Trinajstić information content (AvgIpc) is 2.41. The fraction of sp³-hybridized carbons (Fsp3) is 0.429. The maximum atomic E-state index is 11.4. The van der Waals surface area contributed by atoms with Crippen molar-refractivity contribution in [3.8, 4) is 11.5 Å². The van der Waals surface area contributed by atoms with Crippen molar-refractivity contribution in [1.29, 1.82) is 0 Å². The second-order valence-corrected chi connectivity index (χ2v) is 4.18. The molecule has 19 heavy (non-hydrogen) atoms. The minimum absolute atomic E-state index is 0.0725. The van der Waals surface area contributed by atoms with Crippen LogP contribution in [-0.4, -0.2) is 24.3 Å². The standard InChI is InChI=1S/C14H20N2O3/c1-3-4-5-6-14(18)16-15-10-11-7-8-12(17)13(9-11)19-2/h7-10,17H,3-6H2,1-2H3,(H,16,18). The van der Waals surface area contributed by atoms with Gasteiger partial charge < -0.3 is 9.84 Å². The van der Waals surface area contributed by atoms with E-state index in [-0.39, 0.29) is 11.7 Å². The maximum absolute atomic E-state index is 11.4. The van der Waals surface area contributed by atoms with Gasteiger partial charge in [-0.05, 0) is 30.2 Å². The first kappa shape index (κ1) is 15.0. The number of unbranched alkanes of at least 4 members (excludes halogenated alkanes) is 2. The molecule has 0 fully saturated rings. The Hall–Kier alpha value is -2.04. The molecule has 0 saturated carbocycles. The molecule has 104 valence electrons. The zero-order valence-corrected chi connectivity index (χ0v) is 11.3. The van der Waals surface area contributed by atoms with E-state index < -0.39 is 0 Å². The normalized spacial score (nSPS) is 10.6. The molecule has 0 aliphatic carbocycles. The number of phenols is 1. The largest absolute Gasteiger partial charge is 0.504 e. The Labute approximate surface area is 113 Å². The highest BCUT2D eigenvalue weighted by atomic mass is 16.5. The average molecular weight is 264 g/mol. The molecule has 1 rings (SSSR count). The van der Waals surface area contributed by atoms with Gasteiger partial charge in [0.05, 0.1) is 13.3 Å². The smallest absolute Gasteiger partial charge is 0.240 e. The monoisotopic (exact) mass is 264 g/mol. The molecule has 1 aromatic rings. The van der Waals surface area contributed by atoms with Crippen LogP contribution in [0.1, 0.15) is 38.2 Å². The summed E-state index contributed by atoms with van der Waals surface area (Å²) < 4.78 is 4.98. The zero-order chi connectivity index (χ0) is 14.1. The van der Waals surface area contributed by atoms with E-state index in [1.165, 1.54) is 19.4 Å². The Morgan fingerprint density at radius 2 is 2.26 bits per heavy atom. The number of hydrazone groups is 1. The Bertz CT molecular complexity index is 444. The van der Waals surface area contributed by atoms with Crippen molar-refractivity contribution < 1.29 is 14.6 Å². The molecule has 0 radical (unpaired) electrons. The van der Waals surface area contributed by atoms with Gasteiger partial charge in [-0.1, -0.05) is 19.8 Å². The number of aromatic hydroxyl groups is 1. The van der Waals surface area contributed by atoms with Gasteiger partial charge in [-0.25, -0.2) is 5.43 Å². The van der Waals surface area contributed by atoms with Crippen molar-refractivity contribution in [3.63, 3.8) is 0 Å². The van der Waals surface area contributed by atoms with Crippen LogP contribution in [0.4, 0.5) is 0 Å². The van der Waals surface area contributed by atoms with Crippen molar-refractivity contribution in [3.05, 3.63) is 23.8 Å². The van der Waals surface area contributed by atoms with Crippen LogP contribution in [0.25, 0.3) is 0 Å². The summed E-state index contributed by atoms with van der Waals surface area (Å²) in [6.07, 6.45) is 5.02. The number of hydrogen-bond acceptors (Lipinski definition) is 4. The van der Waals surface area contributed by atoms with E-state index in [1.54, 1.807) is 12.1 Å². The summed E-state index contributed by atoms with van der Waals surface area (Å²) in [6, 6.07) is 4.84. The Morgan fingerprint density at radius 1 is 1.47 bits per heavy atom. The number of amides is 1. The van der Waals surface area contributed by atoms with Crippen molar-refractivity contribution in [2.24, 2.45) is 5.10 Å². The Balaban J connectivity index is 2.46. The number of benzene rings is 1. The first-order valence-electron chi connectivity index (χ1n) is 6.36. The molecule has 0 aliphatic heterocycles. The minimum atomic E-state index is -0.0876. The third kappa shape index (κ3) is 5.42. The topological polar surface area (TPSA) is 70.9 Å². The van der Waals surface area contributed by atoms with E-state index in [9.17, 15) is 9.90 Å². The molecule has 0 heterocycles. The number of ether oxygens (including phenoxy) is 1. The van der Waals surface area contributed by atoms with Crippen molar-refractivity contribution in [2.75, 3.05) is 7.11 Å². The number of phenolic OH excluding ortho intramolecular Hbond substituents is 1. The SMILES string of the molecule is CCCCCC(=O)NN=Cc1ccc(O)c(OC)c1. The van der Waals surface area contributed by atoms with Gasteiger partial charge in [0, 0.05) is 6.42 Å². The molecule has 0 saturated heterocycles. The lowest BCUT2D eigenvalue weighted by atomic mass is 10.2. The quantitative estimate of drug-likeness (QED) is 0.451. The van der Waals surface area contributed by atoms with E-state index in [2.05, 4.69) is 17.5 Å². The first-order chi connectivity index (χ1) is 9.17. The number of carbonyl (C=O) groups is 1. The summed E-state index contributed by atoms with van der Waals surface area (Å²) in [4.78, 5) is 11.4. The van der Waals surface area contributed by atoms with Crippen LogP contribution in [0.2, 0.25) is 0 Å². The highest BCUT2D eigenvalue weighted by molar-refractivity contribution is 5.83. The molecule has 0 aromatic heterocycles. The van der Waals surface area contributed by atoms with Gasteiger partial charge in [-0.2, -0.15) is 5.10 Å². The van der Waals surface area contributed by atoms with Crippen LogP contribution < -0.4 is 10.2 Å². The predicted molar refractivity (Wildman–Crippen MR) is 74.5 cm³/mol. The number of rotatable bonds is 7. The summed E-state index contributed by atoms with van der Waals surface area (Å²) in [7, 11) is 1.48. The van der Waals surface area contributed by atoms with Gasteiger partial charge in [0.15, 0.2) is 11.5 Å². The van der Waals surface area contributed by atoms with Gasteiger partial charge in [-0.15, -0.1) is 0 Å². The molecule has 0 atom stereocenters. The van der Waals surface area contributed by atoms with Crippen LogP contribution >= 0.6 is 0 Å². The van der Waals surface area contributed by atoms with Crippen LogP contribution in [0.5, 0.6) is 11.5 Å². The van der Waals surface area contributed by atoms with E-state index in [0.717, 1.165) is 24.8 Å². The van der Waals surface area contributed by atoms with Gasteiger partial charge in [-0.3, -0.25) is 4.79 Å². The fourth-order valence-electron chi connectivity index (χ4n) is 1.54. The first-order valence-corrected chi connectivity index (χ1v) is 6.36. The summed E-state index contributed by atoms with van der Waals surface area (Å²) >= 11 is 0. The molecule has 0 spiro atoms. The predicted octanol–water partition coefficient (Wildman–Crippen LogP) is 2.43. The lowest BCUT2D eigenvalue weighted by Crippen LogP contribution is -2.16. The molecule has 1 aromatic carbocycles. The molecule has 5 nitrogen and oxygen atoms in total. The molecule has 5 heteroatoms. The molecule has 0 unspecified atom stereocenters. The second-order valence-electron chi connectivity index (χ2n) is 4.18. The number of methoxy groups -OCH3 is 1. The van der Waals surface area contributed by atoms with Crippen LogP contribution in [-0.2, 0) is 4.79 Å². The van der Waals surface area contributed by atoms with Crippen LogP contribution in [0.15, 0.2) is 23.3 Å². The second kappa shape index (κ2) is 8.13. The van der Waals surface area contributed by atoms with Gasteiger partial charge in [0.25, 0.3) is 0 Å². The summed E-state index contributed by atoms with van der Waals surface area (Å²) in [6.45, 7) is 2.09. The Morgan fingerprint density at radius 3 is 2.95 bits per heavy atom. The molecular formula is C14H20N2O3. The zero-order valence-electron chi connectivity index (χ0n) is 11.3. The molecule has 2 N–H and O–H groups in total. The maximum Gasteiger partial charge on any atom is 0.240 e. The van der Waals surface area contributed by atoms with Crippen LogP contribution in [0, 0.1) is 0 Å². The molecule has 1 amide bonds. The fourth-order valence-corrected chi connectivity index (χ4v) is 1.54. The number of hydrogen-bond donors (Lipinski definition) is 2. The summed E-state index contributed by atoms with van der Waals surface area (Å²) in [5.41, 5.74) is 3.21. The molecular weight excluding hydrogens is 244 g/mol. The lowest BCUT2D eigenvalue weighted by Gasteiger charge is -2.03. The van der Waals surface area contributed by atoms with Gasteiger partial charge in [0.2, 0.25) is 5.91 Å². The van der Waals surface area contributed by atoms with Crippen LogP contribution in [0.3, 0.4) is 0 Å². The van der Waals surface area contributed by atoms with E-state index in [4.69, 9.17) is 4.74 Å². The summed E-state index contributed by atoms with van der Waals surface area (Å²) in [5, 5.41) is 13.3. The van der Waals surface area contributed by atoms with E-state index in [1.807, 2.05) is 0 Å². The highest BCUT2D eigenvalue weighted by Crippen LogP contribution is 2.25. The minimum Gasteiger partial charge on any atom is -0.504 e. The molecule has 0 aliphatic rings. The van der Waals surface area contributed by atoms with Crippen molar-refractivity contribution in [2.45, 2.75) is 32.6 Å². The van der Waals surface area contributed by atoms with E-state index in [0.29, 0.717) is 12.2 Å².